The fraction of sp³-hybridized carbons (Fsp3) is 0.227. The lowest BCUT2D eigenvalue weighted by Gasteiger charge is -2.20. The fourth-order valence-electron chi connectivity index (χ4n) is 3.03. The fourth-order valence-corrected chi connectivity index (χ4v) is 3.89. The van der Waals surface area contributed by atoms with Crippen LogP contribution in [0.25, 0.3) is 6.08 Å². The van der Waals surface area contributed by atoms with Crippen molar-refractivity contribution >= 4 is 23.8 Å². The first-order valence-corrected chi connectivity index (χ1v) is 9.78. The van der Waals surface area contributed by atoms with E-state index in [9.17, 15) is 22.4 Å². The largest absolute Gasteiger partial charge is 0.454 e. The molecule has 3 rings (SSSR count). The van der Waals surface area contributed by atoms with Gasteiger partial charge in [0.25, 0.3) is 0 Å². The number of halogens is 4. The van der Waals surface area contributed by atoms with E-state index in [2.05, 4.69) is 6.58 Å². The molecule has 7 heteroatoms. The number of carbonyl (C=O) groups is 1. The van der Waals surface area contributed by atoms with Gasteiger partial charge < -0.3 is 4.74 Å². The monoisotopic (exact) mass is 422 g/mol. The van der Waals surface area contributed by atoms with Crippen LogP contribution in [0.1, 0.15) is 42.1 Å². The third kappa shape index (κ3) is 4.56. The van der Waals surface area contributed by atoms with E-state index < -0.39 is 45.8 Å². The third-order valence-corrected chi connectivity index (χ3v) is 5.62. The molecule has 0 radical (unpaired) electrons. The van der Waals surface area contributed by atoms with E-state index in [1.807, 2.05) is 6.92 Å². The summed E-state index contributed by atoms with van der Waals surface area (Å²) in [4.78, 5) is 11.7. The van der Waals surface area contributed by atoms with Gasteiger partial charge in [-0.1, -0.05) is 42.1 Å². The van der Waals surface area contributed by atoms with Crippen molar-refractivity contribution in [3.63, 3.8) is 0 Å². The number of benzene rings is 2. The van der Waals surface area contributed by atoms with Crippen molar-refractivity contribution in [2.24, 2.45) is 0 Å². The van der Waals surface area contributed by atoms with Crippen LogP contribution in [0.15, 0.2) is 52.3 Å². The quantitative estimate of drug-likeness (QED) is 0.232. The van der Waals surface area contributed by atoms with Gasteiger partial charge in [0.1, 0.15) is 11.7 Å². The smallest absolute Gasteiger partial charge is 0.344 e. The Kier molecular flexibility index (Phi) is 6.47. The van der Waals surface area contributed by atoms with Gasteiger partial charge in [-0.2, -0.15) is 0 Å². The summed E-state index contributed by atoms with van der Waals surface area (Å²) < 4.78 is 63.0. The molecule has 152 valence electrons. The number of esters is 1. The van der Waals surface area contributed by atoms with E-state index in [0.717, 1.165) is 24.0 Å². The Morgan fingerprint density at radius 3 is 2.28 bits per heavy atom. The molecule has 0 heterocycles. The molecule has 1 unspecified atom stereocenters. The Morgan fingerprint density at radius 2 is 1.72 bits per heavy atom. The highest BCUT2D eigenvalue weighted by Gasteiger charge is 2.32. The molecular weight excluding hydrogens is 404 g/mol. The summed E-state index contributed by atoms with van der Waals surface area (Å²) in [7, 11) is 0. The van der Waals surface area contributed by atoms with Crippen LogP contribution >= 0.6 is 11.8 Å². The Morgan fingerprint density at radius 1 is 1.10 bits per heavy atom. The van der Waals surface area contributed by atoms with Crippen LogP contribution in [0.5, 0.6) is 0 Å². The van der Waals surface area contributed by atoms with Gasteiger partial charge in [-0.05, 0) is 50.0 Å². The number of carbonyl (C=O) groups excluding carboxylic acids is 1. The number of allylic oxidation sites excluding steroid dienone is 1. The lowest BCUT2D eigenvalue weighted by molar-refractivity contribution is 0.0353. The average molecular weight is 422 g/mol. The molecule has 0 aliphatic heterocycles. The van der Waals surface area contributed by atoms with Crippen LogP contribution < -0.4 is 0 Å². The highest BCUT2D eigenvalue weighted by atomic mass is 32.2. The van der Waals surface area contributed by atoms with E-state index in [1.165, 1.54) is 12.1 Å². The second kappa shape index (κ2) is 8.86. The third-order valence-electron chi connectivity index (χ3n) is 4.55. The molecule has 0 N–H and O–H groups in total. The predicted octanol–water partition coefficient (Wildman–Crippen LogP) is 6.69. The highest BCUT2D eigenvalue weighted by molar-refractivity contribution is 7.99. The zero-order chi connectivity index (χ0) is 21.1. The minimum Gasteiger partial charge on any atom is -0.454 e. The molecule has 2 nitrogen and oxygen atoms in total. The van der Waals surface area contributed by atoms with Crippen LogP contribution in [-0.4, -0.2) is 12.1 Å². The van der Waals surface area contributed by atoms with E-state index in [-0.39, 0.29) is 0 Å². The zero-order valence-corrected chi connectivity index (χ0v) is 16.4. The highest BCUT2D eigenvalue weighted by Crippen LogP contribution is 2.36. The molecular formula is C22H18F4O2S. The summed E-state index contributed by atoms with van der Waals surface area (Å²) in [6.45, 7) is 5.44. The van der Waals surface area contributed by atoms with Crippen molar-refractivity contribution in [1.29, 1.82) is 0 Å². The summed E-state index contributed by atoms with van der Waals surface area (Å²) in [6.07, 6.45) is 4.62. The van der Waals surface area contributed by atoms with E-state index in [4.69, 9.17) is 4.74 Å². The maximum Gasteiger partial charge on any atom is 0.344 e. The molecule has 29 heavy (non-hydrogen) atoms. The lowest BCUT2D eigenvalue weighted by Crippen LogP contribution is -2.22. The molecule has 1 aliphatic rings. The molecule has 0 spiro atoms. The van der Waals surface area contributed by atoms with Crippen LogP contribution in [0, 0.1) is 23.3 Å². The van der Waals surface area contributed by atoms with Gasteiger partial charge in [0.05, 0.1) is 4.90 Å². The van der Waals surface area contributed by atoms with Gasteiger partial charge in [0, 0.05) is 4.90 Å². The van der Waals surface area contributed by atoms with Crippen LogP contribution in [0.3, 0.4) is 0 Å². The second-order valence-electron chi connectivity index (χ2n) is 6.68. The normalized spacial score (nSPS) is 16.3. The minimum absolute atomic E-state index is 0.366. The average Bonchev–Trinajstić information content (AvgIpc) is 2.70. The number of rotatable bonds is 5. The number of ether oxygens (including phenoxy) is 1. The van der Waals surface area contributed by atoms with Gasteiger partial charge in [-0.3, -0.25) is 0 Å². The first-order chi connectivity index (χ1) is 13.8. The molecule has 2 aromatic carbocycles. The topological polar surface area (TPSA) is 26.3 Å². The Bertz CT molecular complexity index is 954. The molecule has 1 atom stereocenters. The minimum atomic E-state index is -1.77. The first-order valence-electron chi connectivity index (χ1n) is 8.96. The summed E-state index contributed by atoms with van der Waals surface area (Å²) in [5.74, 6) is -8.24. The molecule has 0 saturated heterocycles. The number of hydrogen-bond donors (Lipinski definition) is 0. The molecule has 0 amide bonds. The van der Waals surface area contributed by atoms with E-state index >= 15 is 0 Å². The van der Waals surface area contributed by atoms with Crippen molar-refractivity contribution < 1.29 is 27.1 Å². The van der Waals surface area contributed by atoms with Crippen LogP contribution in [0.2, 0.25) is 0 Å². The van der Waals surface area contributed by atoms with Crippen LogP contribution in [-0.2, 0) is 4.74 Å². The van der Waals surface area contributed by atoms with Gasteiger partial charge in [0.2, 0.25) is 0 Å². The van der Waals surface area contributed by atoms with E-state index in [1.54, 1.807) is 24.3 Å². The molecule has 0 aromatic heterocycles. The van der Waals surface area contributed by atoms with Crippen molar-refractivity contribution in [3.05, 3.63) is 76.9 Å². The van der Waals surface area contributed by atoms with Gasteiger partial charge in [-0.15, -0.1) is 0 Å². The van der Waals surface area contributed by atoms with E-state index in [0.29, 0.717) is 23.1 Å². The molecule has 0 bridgehead atoms. The summed E-state index contributed by atoms with van der Waals surface area (Å²) in [5.41, 5.74) is 0.391. The molecule has 0 fully saturated rings. The number of hydrogen-bond acceptors (Lipinski definition) is 3. The summed E-state index contributed by atoms with van der Waals surface area (Å²) in [5, 5.41) is 0. The molecule has 1 aliphatic carbocycles. The standard InChI is InChI=1S/C22H18F4O2S/c1-3-13-7-9-15(10-8-13)29-21-19(25)17(23)16(18(24)20(21)26)22(27)28-14-6-4-5-12(2)11-14/h3,7-11,14H,1,4-6H2,2H3. The maximum atomic E-state index is 14.5. The predicted molar refractivity (Wildman–Crippen MR) is 104 cm³/mol. The molecule has 0 saturated carbocycles. The Balaban J connectivity index is 1.91. The maximum absolute atomic E-state index is 14.5. The van der Waals surface area contributed by atoms with Crippen molar-refractivity contribution in [2.45, 2.75) is 42.1 Å². The summed E-state index contributed by atoms with van der Waals surface area (Å²) >= 11 is 0.519. The Labute approximate surface area is 170 Å². The summed E-state index contributed by atoms with van der Waals surface area (Å²) in [6, 6.07) is 6.36. The van der Waals surface area contributed by atoms with Gasteiger partial charge in [-0.25, -0.2) is 22.4 Å². The van der Waals surface area contributed by atoms with Gasteiger partial charge >= 0.3 is 5.97 Å². The van der Waals surface area contributed by atoms with Crippen molar-refractivity contribution in [2.75, 3.05) is 0 Å². The molecule has 2 aromatic rings. The van der Waals surface area contributed by atoms with Gasteiger partial charge in [0.15, 0.2) is 23.3 Å². The lowest BCUT2D eigenvalue weighted by atomic mass is 9.99. The second-order valence-corrected chi connectivity index (χ2v) is 7.77. The Hall–Kier alpha value is -2.54. The SMILES string of the molecule is C=Cc1ccc(Sc2c(F)c(F)c(C(=O)OC3C=C(C)CCC3)c(F)c2F)cc1. The van der Waals surface area contributed by atoms with Crippen LogP contribution in [0.4, 0.5) is 17.6 Å². The first kappa shape index (κ1) is 21.2. The zero-order valence-electron chi connectivity index (χ0n) is 15.6. The van der Waals surface area contributed by atoms with Crippen molar-refractivity contribution in [1.82, 2.24) is 0 Å². The van der Waals surface area contributed by atoms with Crippen molar-refractivity contribution in [3.8, 4) is 0 Å².